The van der Waals surface area contributed by atoms with Crippen molar-refractivity contribution in [3.05, 3.63) is 71.3 Å². The van der Waals surface area contributed by atoms with Gasteiger partial charge in [0.25, 0.3) is 0 Å². The molecule has 6 N–H and O–H groups in total. The van der Waals surface area contributed by atoms with Crippen molar-refractivity contribution < 1.29 is 28.4 Å². The van der Waals surface area contributed by atoms with Gasteiger partial charge in [0, 0.05) is 64.5 Å². The Morgan fingerprint density at radius 1 is 0.500 bits per heavy atom. The molecule has 3 aromatic rings. The lowest BCUT2D eigenvalue weighted by Gasteiger charge is -2.18. The summed E-state index contributed by atoms with van der Waals surface area (Å²) in [7, 11) is 13.2. The summed E-state index contributed by atoms with van der Waals surface area (Å²) in [6.07, 6.45) is 0.892. The molecule has 3 rings (SSSR count). The van der Waals surface area contributed by atoms with Crippen LogP contribution in [0.3, 0.4) is 0 Å². The second-order valence-electron chi connectivity index (χ2n) is 9.12. The Balaban J connectivity index is 0.000000369. The van der Waals surface area contributed by atoms with Crippen molar-refractivity contribution in [1.82, 2.24) is 0 Å². The predicted octanol–water partition coefficient (Wildman–Crippen LogP) is 5.92. The van der Waals surface area contributed by atoms with Crippen LogP contribution in [0.15, 0.2) is 54.6 Å². The second kappa shape index (κ2) is 18.6. The highest BCUT2D eigenvalue weighted by atomic mass is 33.1. The van der Waals surface area contributed by atoms with E-state index < -0.39 is 0 Å². The molecule has 3 atom stereocenters. The molecule has 0 aromatic heterocycles. The fourth-order valence-corrected chi connectivity index (χ4v) is 6.32. The molecule has 0 saturated heterocycles. The van der Waals surface area contributed by atoms with E-state index >= 15 is 0 Å². The van der Waals surface area contributed by atoms with E-state index in [9.17, 15) is 0 Å². The normalized spacial score (nSPS) is 12.7. The van der Waals surface area contributed by atoms with Crippen LogP contribution in [0.25, 0.3) is 0 Å². The number of nitrogens with two attached hydrogens (primary N) is 3. The van der Waals surface area contributed by atoms with Crippen LogP contribution in [0.2, 0.25) is 0 Å². The SMILES string of the molecule is CCC(N)c1ccc(OC)cc1OC.COc1ccc(C(N)CSSCC(N)c2ccc(OC)cc2OC)c(OC)c1. The van der Waals surface area contributed by atoms with Crippen LogP contribution in [0.4, 0.5) is 0 Å². The minimum absolute atomic E-state index is 0.0239. The topological polar surface area (TPSA) is 133 Å². The summed E-state index contributed by atoms with van der Waals surface area (Å²) >= 11 is 0. The Bertz CT molecular complexity index is 1170. The number of hydrogen-bond acceptors (Lipinski definition) is 11. The molecular weight excluding hydrogens is 574 g/mol. The van der Waals surface area contributed by atoms with E-state index in [1.165, 1.54) is 0 Å². The van der Waals surface area contributed by atoms with E-state index in [4.69, 9.17) is 45.6 Å². The van der Waals surface area contributed by atoms with Gasteiger partial charge in [-0.3, -0.25) is 0 Å². The maximum atomic E-state index is 6.35. The maximum Gasteiger partial charge on any atom is 0.127 e. The van der Waals surface area contributed by atoms with E-state index in [0.717, 1.165) is 69.1 Å². The van der Waals surface area contributed by atoms with Gasteiger partial charge in [-0.25, -0.2) is 0 Å². The van der Waals surface area contributed by atoms with Crippen LogP contribution in [-0.2, 0) is 0 Å². The van der Waals surface area contributed by atoms with E-state index in [0.29, 0.717) is 0 Å². The van der Waals surface area contributed by atoms with Gasteiger partial charge in [-0.1, -0.05) is 46.7 Å². The number of ether oxygens (including phenoxy) is 6. The average molecular weight is 620 g/mol. The number of rotatable bonds is 15. The smallest absolute Gasteiger partial charge is 0.127 e. The first-order chi connectivity index (χ1) is 20.3. The Kier molecular flexibility index (Phi) is 15.6. The van der Waals surface area contributed by atoms with Crippen LogP contribution in [0.1, 0.15) is 48.2 Å². The summed E-state index contributed by atoms with van der Waals surface area (Å²) in [5, 5.41) is 0. The molecule has 0 bridgehead atoms. The third-order valence-corrected chi connectivity index (χ3v) is 9.01. The molecule has 0 heterocycles. The van der Waals surface area contributed by atoms with E-state index in [2.05, 4.69) is 0 Å². The van der Waals surface area contributed by atoms with Gasteiger partial charge in [0.05, 0.1) is 42.7 Å². The van der Waals surface area contributed by atoms with E-state index in [1.54, 1.807) is 64.2 Å². The molecule has 3 unspecified atom stereocenters. The fraction of sp³-hybridized carbons (Fsp3) is 0.419. The van der Waals surface area contributed by atoms with Gasteiger partial charge in [0.1, 0.15) is 34.5 Å². The molecule has 42 heavy (non-hydrogen) atoms. The molecule has 0 spiro atoms. The first kappa shape index (κ1) is 35.2. The lowest BCUT2D eigenvalue weighted by atomic mass is 10.0. The third kappa shape index (κ3) is 10.1. The molecule has 0 aliphatic carbocycles. The zero-order valence-electron chi connectivity index (χ0n) is 25.5. The largest absolute Gasteiger partial charge is 0.497 e. The molecular formula is C31H45N3O6S2. The van der Waals surface area contributed by atoms with E-state index in [-0.39, 0.29) is 18.1 Å². The van der Waals surface area contributed by atoms with Gasteiger partial charge in [0.15, 0.2) is 0 Å². The molecule has 0 radical (unpaired) electrons. The Morgan fingerprint density at radius 2 is 0.810 bits per heavy atom. The van der Waals surface area contributed by atoms with Gasteiger partial charge < -0.3 is 45.6 Å². The van der Waals surface area contributed by atoms with Gasteiger partial charge in [0.2, 0.25) is 0 Å². The summed E-state index contributed by atoms with van der Waals surface area (Å²) in [5.74, 6) is 6.00. The molecule has 0 fully saturated rings. The fourth-order valence-electron chi connectivity index (χ4n) is 4.02. The quantitative estimate of drug-likeness (QED) is 0.138. The van der Waals surface area contributed by atoms with Crippen LogP contribution >= 0.6 is 21.6 Å². The van der Waals surface area contributed by atoms with Gasteiger partial charge >= 0.3 is 0 Å². The number of hydrogen-bond donors (Lipinski definition) is 3. The summed E-state index contributed by atoms with van der Waals surface area (Å²) in [6.45, 7) is 2.05. The van der Waals surface area contributed by atoms with Gasteiger partial charge in [-0.05, 0) is 24.6 Å². The molecule has 9 nitrogen and oxygen atoms in total. The molecule has 11 heteroatoms. The van der Waals surface area contributed by atoms with Crippen LogP contribution in [0, 0.1) is 0 Å². The molecule has 232 valence electrons. The van der Waals surface area contributed by atoms with Crippen molar-refractivity contribution in [2.75, 3.05) is 54.2 Å². The lowest BCUT2D eigenvalue weighted by molar-refractivity contribution is 0.388. The Hall–Kier alpha value is -2.96. The number of benzene rings is 3. The average Bonchev–Trinajstić information content (AvgIpc) is 3.05. The van der Waals surface area contributed by atoms with Crippen LogP contribution < -0.4 is 45.6 Å². The van der Waals surface area contributed by atoms with Crippen LogP contribution in [0.5, 0.6) is 34.5 Å². The van der Waals surface area contributed by atoms with Crippen molar-refractivity contribution in [2.24, 2.45) is 17.2 Å². The van der Waals surface area contributed by atoms with Crippen molar-refractivity contribution in [3.8, 4) is 34.5 Å². The highest BCUT2D eigenvalue weighted by Crippen LogP contribution is 2.36. The summed E-state index contributed by atoms with van der Waals surface area (Å²) in [5.41, 5.74) is 21.6. The second-order valence-corrected chi connectivity index (χ2v) is 11.7. The van der Waals surface area contributed by atoms with Crippen molar-refractivity contribution in [3.63, 3.8) is 0 Å². The van der Waals surface area contributed by atoms with Crippen molar-refractivity contribution >= 4 is 21.6 Å². The summed E-state index contributed by atoms with van der Waals surface area (Å²) < 4.78 is 31.7. The third-order valence-electron chi connectivity index (χ3n) is 6.54. The highest BCUT2D eigenvalue weighted by molar-refractivity contribution is 8.76. The van der Waals surface area contributed by atoms with E-state index in [1.807, 2.05) is 61.5 Å². The Morgan fingerprint density at radius 3 is 1.07 bits per heavy atom. The standard InChI is InChI=1S/C20H28N2O4S2.C11H17NO2/c1-23-13-5-7-15(19(9-13)25-3)17(21)11-27-28-12-18(22)16-8-6-14(24-2)10-20(16)26-4;1-4-10(12)9-6-5-8(13-2)7-11(9)14-3/h5-10,17-18H,11-12,21-22H2,1-4H3;5-7,10H,4,12H2,1-3H3. The zero-order chi connectivity index (χ0) is 31.1. The molecule has 0 aliphatic heterocycles. The molecule has 0 aliphatic rings. The summed E-state index contributed by atoms with van der Waals surface area (Å²) in [4.78, 5) is 0. The zero-order valence-corrected chi connectivity index (χ0v) is 27.2. The first-order valence-corrected chi connectivity index (χ1v) is 15.9. The van der Waals surface area contributed by atoms with Crippen LogP contribution in [-0.4, -0.2) is 54.2 Å². The van der Waals surface area contributed by atoms with Crippen molar-refractivity contribution in [1.29, 1.82) is 0 Å². The minimum Gasteiger partial charge on any atom is -0.497 e. The highest BCUT2D eigenvalue weighted by Gasteiger charge is 2.16. The monoisotopic (exact) mass is 619 g/mol. The molecule has 3 aromatic carbocycles. The first-order valence-electron chi connectivity index (χ1n) is 13.4. The number of methoxy groups -OCH3 is 6. The lowest BCUT2D eigenvalue weighted by Crippen LogP contribution is -2.15. The van der Waals surface area contributed by atoms with Crippen molar-refractivity contribution in [2.45, 2.75) is 31.5 Å². The maximum absolute atomic E-state index is 6.35. The predicted molar refractivity (Wildman–Crippen MR) is 175 cm³/mol. The Labute approximate surface area is 258 Å². The molecule has 0 amide bonds. The molecule has 0 saturated carbocycles. The van der Waals surface area contributed by atoms with Gasteiger partial charge in [-0.15, -0.1) is 0 Å². The minimum atomic E-state index is -0.148. The van der Waals surface area contributed by atoms with Gasteiger partial charge in [-0.2, -0.15) is 0 Å². The summed E-state index contributed by atoms with van der Waals surface area (Å²) in [6, 6.07) is 16.8.